The number of hydrogen-bond acceptors (Lipinski definition) is 4. The molecule has 0 aliphatic carbocycles. The first kappa shape index (κ1) is 15.9. The van der Waals surface area contributed by atoms with Gasteiger partial charge in [-0.05, 0) is 37.6 Å². The first-order valence-corrected chi connectivity index (χ1v) is 7.24. The second-order valence-electron chi connectivity index (χ2n) is 4.96. The number of amides is 1. The van der Waals surface area contributed by atoms with Gasteiger partial charge in [-0.25, -0.2) is 5.84 Å². The molecule has 5 nitrogen and oxygen atoms in total. The van der Waals surface area contributed by atoms with Gasteiger partial charge in [-0.1, -0.05) is 29.8 Å². The van der Waals surface area contributed by atoms with E-state index in [9.17, 15) is 4.79 Å². The molecular formula is C17H21N3O2. The molecule has 4 N–H and O–H groups in total. The van der Waals surface area contributed by atoms with E-state index in [1.165, 1.54) is 5.56 Å². The van der Waals surface area contributed by atoms with Crippen molar-refractivity contribution in [3.63, 3.8) is 0 Å². The summed E-state index contributed by atoms with van der Waals surface area (Å²) < 4.78 is 5.66. The van der Waals surface area contributed by atoms with E-state index in [1.54, 1.807) is 12.1 Å². The van der Waals surface area contributed by atoms with Gasteiger partial charge < -0.3 is 10.1 Å². The second-order valence-corrected chi connectivity index (χ2v) is 4.96. The van der Waals surface area contributed by atoms with E-state index in [4.69, 9.17) is 10.6 Å². The molecule has 0 fully saturated rings. The number of hydrogen-bond donors (Lipinski definition) is 3. The van der Waals surface area contributed by atoms with Crippen LogP contribution in [0.3, 0.4) is 0 Å². The van der Waals surface area contributed by atoms with Gasteiger partial charge in [0.2, 0.25) is 0 Å². The van der Waals surface area contributed by atoms with Crippen LogP contribution in [0.4, 0.5) is 5.69 Å². The molecule has 2 aromatic carbocycles. The summed E-state index contributed by atoms with van der Waals surface area (Å²) in [5.41, 5.74) is 4.65. The van der Waals surface area contributed by atoms with Crippen molar-refractivity contribution in [1.29, 1.82) is 0 Å². The van der Waals surface area contributed by atoms with Crippen molar-refractivity contribution in [2.75, 3.05) is 18.5 Å². The van der Waals surface area contributed by atoms with E-state index < -0.39 is 0 Å². The smallest absolute Gasteiger partial charge is 0.267 e. The monoisotopic (exact) mass is 299 g/mol. The zero-order valence-corrected chi connectivity index (χ0v) is 12.6. The number of benzene rings is 2. The number of aryl methyl sites for hydroxylation is 1. The van der Waals surface area contributed by atoms with Crippen molar-refractivity contribution in [2.45, 2.75) is 13.3 Å². The topological polar surface area (TPSA) is 76.4 Å². The van der Waals surface area contributed by atoms with Crippen LogP contribution in [0.25, 0.3) is 0 Å². The van der Waals surface area contributed by atoms with Gasteiger partial charge in [0.1, 0.15) is 5.75 Å². The van der Waals surface area contributed by atoms with Crippen LogP contribution in [-0.4, -0.2) is 19.1 Å². The fourth-order valence-electron chi connectivity index (χ4n) is 2.03. The Hall–Kier alpha value is -2.53. The highest BCUT2D eigenvalue weighted by Crippen LogP contribution is 2.15. The van der Waals surface area contributed by atoms with Gasteiger partial charge in [0, 0.05) is 12.2 Å². The first-order chi connectivity index (χ1) is 10.7. The highest BCUT2D eigenvalue weighted by Gasteiger charge is 2.08. The quantitative estimate of drug-likeness (QED) is 0.318. The van der Waals surface area contributed by atoms with E-state index in [0.717, 1.165) is 17.9 Å². The maximum atomic E-state index is 11.6. The van der Waals surface area contributed by atoms with E-state index >= 15 is 0 Å². The molecule has 2 aromatic rings. The molecule has 0 saturated heterocycles. The number of rotatable bonds is 7. The van der Waals surface area contributed by atoms with Gasteiger partial charge in [-0.3, -0.25) is 10.2 Å². The molecule has 5 heteroatoms. The standard InChI is InChI=1S/C17H21N3O2/c1-13-7-9-14(10-8-13)22-12-4-11-19-16-6-3-2-5-15(16)17(21)20-18/h2-3,5-10,19H,4,11-12,18H2,1H3,(H,20,21). The van der Waals surface area contributed by atoms with Gasteiger partial charge in [-0.2, -0.15) is 0 Å². The Labute approximate surface area is 130 Å². The minimum Gasteiger partial charge on any atom is -0.494 e. The number of para-hydroxylation sites is 1. The molecule has 0 atom stereocenters. The number of carbonyl (C=O) groups is 1. The average Bonchev–Trinajstić information content (AvgIpc) is 2.56. The predicted molar refractivity (Wildman–Crippen MR) is 87.9 cm³/mol. The summed E-state index contributed by atoms with van der Waals surface area (Å²) in [6.07, 6.45) is 0.826. The molecule has 0 bridgehead atoms. The maximum absolute atomic E-state index is 11.6. The van der Waals surface area contributed by atoms with E-state index in [1.807, 2.05) is 43.3 Å². The van der Waals surface area contributed by atoms with Crippen molar-refractivity contribution in [3.8, 4) is 5.75 Å². The lowest BCUT2D eigenvalue weighted by Crippen LogP contribution is -2.30. The van der Waals surface area contributed by atoms with Crippen molar-refractivity contribution >= 4 is 11.6 Å². The summed E-state index contributed by atoms with van der Waals surface area (Å²) in [5, 5.41) is 3.23. The number of nitrogens with two attached hydrogens (primary N) is 1. The molecule has 0 aromatic heterocycles. The van der Waals surface area contributed by atoms with Crippen LogP contribution in [0, 0.1) is 6.92 Å². The molecule has 0 radical (unpaired) electrons. The number of carbonyl (C=O) groups excluding carboxylic acids is 1. The number of ether oxygens (including phenoxy) is 1. The SMILES string of the molecule is Cc1ccc(OCCCNc2ccccc2C(=O)NN)cc1. The summed E-state index contributed by atoms with van der Waals surface area (Å²) in [6, 6.07) is 15.2. The Balaban J connectivity index is 1.77. The number of anilines is 1. The third-order valence-corrected chi connectivity index (χ3v) is 3.23. The molecule has 0 heterocycles. The van der Waals surface area contributed by atoms with E-state index in [-0.39, 0.29) is 5.91 Å². The van der Waals surface area contributed by atoms with E-state index in [0.29, 0.717) is 18.7 Å². The Bertz CT molecular complexity index is 612. The minimum atomic E-state index is -0.306. The zero-order valence-electron chi connectivity index (χ0n) is 12.6. The predicted octanol–water partition coefficient (Wildman–Crippen LogP) is 2.48. The lowest BCUT2D eigenvalue weighted by atomic mass is 10.1. The Morgan fingerprint density at radius 1 is 1.14 bits per heavy atom. The molecule has 1 amide bonds. The van der Waals surface area contributed by atoms with Gasteiger partial charge in [-0.15, -0.1) is 0 Å². The van der Waals surface area contributed by atoms with Gasteiger partial charge in [0.05, 0.1) is 12.2 Å². The van der Waals surface area contributed by atoms with Crippen LogP contribution in [0.2, 0.25) is 0 Å². The van der Waals surface area contributed by atoms with Crippen molar-refractivity contribution in [3.05, 3.63) is 59.7 Å². The summed E-state index contributed by atoms with van der Waals surface area (Å²) in [4.78, 5) is 11.6. The summed E-state index contributed by atoms with van der Waals surface area (Å²) in [7, 11) is 0. The fourth-order valence-corrected chi connectivity index (χ4v) is 2.03. The van der Waals surface area contributed by atoms with E-state index in [2.05, 4.69) is 10.7 Å². The van der Waals surface area contributed by atoms with Crippen molar-refractivity contribution in [1.82, 2.24) is 5.43 Å². The molecule has 0 unspecified atom stereocenters. The van der Waals surface area contributed by atoms with Crippen LogP contribution in [0.5, 0.6) is 5.75 Å². The highest BCUT2D eigenvalue weighted by atomic mass is 16.5. The summed E-state index contributed by atoms with van der Waals surface area (Å²) >= 11 is 0. The lowest BCUT2D eigenvalue weighted by Gasteiger charge is -2.11. The van der Waals surface area contributed by atoms with Gasteiger partial charge >= 0.3 is 0 Å². The third-order valence-electron chi connectivity index (χ3n) is 3.23. The minimum absolute atomic E-state index is 0.306. The molecule has 0 saturated carbocycles. The molecular weight excluding hydrogens is 278 g/mol. The molecule has 0 aliphatic heterocycles. The molecule has 0 aliphatic rings. The van der Waals surface area contributed by atoms with Crippen molar-refractivity contribution in [2.24, 2.45) is 5.84 Å². The Morgan fingerprint density at radius 3 is 2.59 bits per heavy atom. The van der Waals surface area contributed by atoms with Crippen LogP contribution >= 0.6 is 0 Å². The number of hydrazine groups is 1. The number of nitrogens with one attached hydrogen (secondary N) is 2. The fraction of sp³-hybridized carbons (Fsp3) is 0.235. The zero-order chi connectivity index (χ0) is 15.8. The molecule has 0 spiro atoms. The summed E-state index contributed by atoms with van der Waals surface area (Å²) in [6.45, 7) is 3.37. The number of nitrogen functional groups attached to an aromatic ring is 1. The van der Waals surface area contributed by atoms with Crippen LogP contribution < -0.4 is 21.3 Å². The highest BCUT2D eigenvalue weighted by molar-refractivity contribution is 5.99. The molecule has 2 rings (SSSR count). The molecule has 116 valence electrons. The van der Waals surface area contributed by atoms with Crippen LogP contribution in [0.15, 0.2) is 48.5 Å². The largest absolute Gasteiger partial charge is 0.494 e. The lowest BCUT2D eigenvalue weighted by molar-refractivity contribution is 0.0954. The van der Waals surface area contributed by atoms with Gasteiger partial charge in [0.15, 0.2) is 0 Å². The first-order valence-electron chi connectivity index (χ1n) is 7.24. The Morgan fingerprint density at radius 2 is 1.86 bits per heavy atom. The molecule has 22 heavy (non-hydrogen) atoms. The average molecular weight is 299 g/mol. The normalized spacial score (nSPS) is 10.1. The van der Waals surface area contributed by atoms with Gasteiger partial charge in [0.25, 0.3) is 5.91 Å². The summed E-state index contributed by atoms with van der Waals surface area (Å²) in [5.74, 6) is 5.74. The maximum Gasteiger partial charge on any atom is 0.267 e. The van der Waals surface area contributed by atoms with Crippen LogP contribution in [0.1, 0.15) is 22.3 Å². The van der Waals surface area contributed by atoms with Crippen molar-refractivity contribution < 1.29 is 9.53 Å². The Kier molecular flexibility index (Phi) is 5.80. The van der Waals surface area contributed by atoms with Crippen LogP contribution in [-0.2, 0) is 0 Å². The third kappa shape index (κ3) is 4.49. The second kappa shape index (κ2) is 8.05.